The molecule has 2 aromatic heterocycles. The Bertz CT molecular complexity index is 1420. The number of carboxylic acids is 1. The van der Waals surface area contributed by atoms with Gasteiger partial charge in [0.25, 0.3) is 11.8 Å². The second kappa shape index (κ2) is 10.9. The van der Waals surface area contributed by atoms with Gasteiger partial charge in [0.05, 0.1) is 0 Å². The maximum atomic E-state index is 12.9. The van der Waals surface area contributed by atoms with Gasteiger partial charge in [0.2, 0.25) is 11.5 Å². The summed E-state index contributed by atoms with van der Waals surface area (Å²) in [7, 11) is -2.03. The summed E-state index contributed by atoms with van der Waals surface area (Å²) in [5.74, 6) is -2.46. The highest BCUT2D eigenvalue weighted by Crippen LogP contribution is 2.41. The summed E-state index contributed by atoms with van der Waals surface area (Å²) in [5.41, 5.74) is 5.61. The number of thioether (sulfide) groups is 2. The minimum absolute atomic E-state index is 0.0661. The van der Waals surface area contributed by atoms with Crippen molar-refractivity contribution in [1.29, 1.82) is 0 Å². The Hall–Kier alpha value is -2.81. The Morgan fingerprint density at radius 1 is 1.38 bits per heavy atom. The van der Waals surface area contributed by atoms with Crippen molar-refractivity contribution in [2.45, 2.75) is 21.5 Å². The van der Waals surface area contributed by atoms with Gasteiger partial charge in [-0.3, -0.25) is 14.5 Å². The summed E-state index contributed by atoms with van der Waals surface area (Å²) in [4.78, 5) is 47.5. The Labute approximate surface area is 226 Å². The van der Waals surface area contributed by atoms with Gasteiger partial charge in [-0.15, -0.1) is 22.0 Å². The number of anilines is 1. The number of carboxylic acid groups (broad SMARTS) is 1. The first-order chi connectivity index (χ1) is 17.5. The number of oxime groups is 1. The van der Waals surface area contributed by atoms with Gasteiger partial charge in [0, 0.05) is 29.3 Å². The number of aromatic nitrogens is 4. The third-order valence-electron chi connectivity index (χ3n) is 4.79. The lowest BCUT2D eigenvalue weighted by Gasteiger charge is -2.49. The van der Waals surface area contributed by atoms with E-state index in [1.165, 1.54) is 30.6 Å². The van der Waals surface area contributed by atoms with Crippen LogP contribution in [0.25, 0.3) is 0 Å². The van der Waals surface area contributed by atoms with Gasteiger partial charge in [-0.25, -0.2) is 13.2 Å². The number of nitrogen functional groups attached to an aromatic ring is 1. The standard InChI is InChI=1S/C17H18N8O7S5/c1-32-23-8(11-20-16(18)36-24-11)12(26)19-9-13(27)25-10(15(28)29)6(3-33-14(9)25)4-34-17-22-21-7(35-17)5-37(2,30)31/h9,14H,3-5H2,1-2H3,(H,19,26)(H,28,29)(H2,18,20,24)/t9?,14-/m1/s1. The zero-order chi connectivity index (χ0) is 26.9. The Balaban J connectivity index is 1.46. The topological polar surface area (TPSA) is 220 Å². The van der Waals surface area contributed by atoms with Crippen LogP contribution in [0.3, 0.4) is 0 Å². The van der Waals surface area contributed by atoms with Crippen molar-refractivity contribution in [2.75, 3.05) is 30.6 Å². The van der Waals surface area contributed by atoms with Crippen molar-refractivity contribution in [1.82, 2.24) is 29.8 Å². The van der Waals surface area contributed by atoms with E-state index in [1.54, 1.807) is 0 Å². The molecular weight excluding hydrogens is 589 g/mol. The minimum atomic E-state index is -3.26. The largest absolute Gasteiger partial charge is 0.477 e. The number of β-lactam (4-membered cyclic amide) rings is 1. The molecule has 0 aromatic carbocycles. The Morgan fingerprint density at radius 3 is 2.76 bits per heavy atom. The molecule has 2 aromatic rings. The van der Waals surface area contributed by atoms with E-state index in [9.17, 15) is 27.9 Å². The number of hydrogen-bond acceptors (Lipinski definition) is 16. The minimum Gasteiger partial charge on any atom is -0.477 e. The normalized spacial score (nSPS) is 19.9. The fourth-order valence-corrected chi connectivity index (χ4v) is 8.33. The van der Waals surface area contributed by atoms with Crippen LogP contribution in [0.5, 0.6) is 0 Å². The fraction of sp³-hybridized carbons (Fsp3) is 0.412. The number of carbonyl (C=O) groups is 3. The molecule has 0 spiro atoms. The lowest BCUT2D eigenvalue weighted by atomic mass is 10.0. The molecule has 2 atom stereocenters. The predicted octanol–water partition coefficient (Wildman–Crippen LogP) is -0.602. The zero-order valence-corrected chi connectivity index (χ0v) is 23.1. The first-order valence-corrected chi connectivity index (χ1v) is 15.7. The van der Waals surface area contributed by atoms with E-state index in [1.807, 2.05) is 0 Å². The van der Waals surface area contributed by atoms with Gasteiger partial charge in [0.1, 0.15) is 35.0 Å². The van der Waals surface area contributed by atoms with Crippen LogP contribution in [0.4, 0.5) is 5.13 Å². The van der Waals surface area contributed by atoms with Crippen LogP contribution >= 0.6 is 46.4 Å². The van der Waals surface area contributed by atoms with E-state index in [0.29, 0.717) is 14.9 Å². The molecule has 2 aliphatic heterocycles. The molecule has 0 radical (unpaired) electrons. The average Bonchev–Trinajstić information content (AvgIpc) is 3.45. The maximum absolute atomic E-state index is 12.9. The third kappa shape index (κ3) is 6.03. The van der Waals surface area contributed by atoms with Crippen LogP contribution < -0.4 is 11.1 Å². The van der Waals surface area contributed by atoms with Crippen LogP contribution in [0, 0.1) is 0 Å². The van der Waals surface area contributed by atoms with Crippen molar-refractivity contribution in [3.63, 3.8) is 0 Å². The number of sulfone groups is 1. The molecule has 4 N–H and O–H groups in total. The van der Waals surface area contributed by atoms with Gasteiger partial charge in [-0.2, -0.15) is 9.36 Å². The Morgan fingerprint density at radius 2 is 2.14 bits per heavy atom. The van der Waals surface area contributed by atoms with Gasteiger partial charge >= 0.3 is 5.97 Å². The quantitative estimate of drug-likeness (QED) is 0.133. The molecule has 4 rings (SSSR count). The van der Waals surface area contributed by atoms with Crippen LogP contribution in [0.15, 0.2) is 20.8 Å². The average molecular weight is 607 g/mol. The number of hydrogen-bond donors (Lipinski definition) is 3. The number of rotatable bonds is 10. The summed E-state index contributed by atoms with van der Waals surface area (Å²) < 4.78 is 27.3. The number of fused-ring (bicyclic) bond motifs is 1. The lowest BCUT2D eigenvalue weighted by Crippen LogP contribution is -2.71. The van der Waals surface area contributed by atoms with Crippen LogP contribution in [-0.2, 0) is 34.8 Å². The molecule has 1 saturated heterocycles. The molecule has 198 valence electrons. The zero-order valence-electron chi connectivity index (χ0n) is 19.0. The molecule has 2 aliphatic rings. The van der Waals surface area contributed by atoms with Crippen molar-refractivity contribution < 1.29 is 32.7 Å². The smallest absolute Gasteiger partial charge is 0.352 e. The van der Waals surface area contributed by atoms with Crippen molar-refractivity contribution >= 4 is 84.9 Å². The monoisotopic (exact) mass is 606 g/mol. The molecular formula is C17H18N8O7S5. The highest BCUT2D eigenvalue weighted by molar-refractivity contribution is 8.02. The fourth-order valence-electron chi connectivity index (χ4n) is 3.34. The molecule has 1 unspecified atom stereocenters. The molecule has 20 heteroatoms. The maximum Gasteiger partial charge on any atom is 0.352 e. The second-order valence-corrected chi connectivity index (χ2v) is 13.8. The SMILES string of the molecule is CON=C(C(=O)NC1C(=O)N2C(C(=O)O)=C(CSc3nnc(CS(C)(=O)=O)s3)CS[C@H]12)c1nsc(N)n1. The molecule has 4 heterocycles. The van der Waals surface area contributed by atoms with E-state index in [4.69, 9.17) is 10.6 Å². The summed E-state index contributed by atoms with van der Waals surface area (Å²) in [6.45, 7) is 0. The lowest BCUT2D eigenvalue weighted by molar-refractivity contribution is -0.150. The van der Waals surface area contributed by atoms with E-state index < -0.39 is 39.0 Å². The number of carbonyl (C=O) groups excluding carboxylic acids is 2. The first kappa shape index (κ1) is 27.2. The van der Waals surface area contributed by atoms with Crippen molar-refractivity contribution in [3.05, 3.63) is 22.1 Å². The summed E-state index contributed by atoms with van der Waals surface area (Å²) in [6.07, 6.45) is 1.09. The molecule has 0 saturated carbocycles. The number of nitrogens with one attached hydrogen (secondary N) is 1. The molecule has 0 aliphatic carbocycles. The highest BCUT2D eigenvalue weighted by Gasteiger charge is 2.54. The van der Waals surface area contributed by atoms with Crippen LogP contribution in [0.1, 0.15) is 10.8 Å². The van der Waals surface area contributed by atoms with Gasteiger partial charge in [0.15, 0.2) is 19.3 Å². The first-order valence-electron chi connectivity index (χ1n) is 10.0. The third-order valence-corrected chi connectivity index (χ3v) is 9.80. The van der Waals surface area contributed by atoms with Gasteiger partial charge in [-0.05, 0) is 5.57 Å². The van der Waals surface area contributed by atoms with Crippen LogP contribution in [0.2, 0.25) is 0 Å². The van der Waals surface area contributed by atoms with Crippen molar-refractivity contribution in [2.24, 2.45) is 5.16 Å². The second-order valence-electron chi connectivity index (χ2n) is 7.52. The molecule has 1 fully saturated rings. The van der Waals surface area contributed by atoms with Crippen molar-refractivity contribution in [3.8, 4) is 0 Å². The number of aliphatic carboxylic acids is 1. The Kier molecular flexibility index (Phi) is 8.02. The van der Waals surface area contributed by atoms with E-state index in [2.05, 4.69) is 30.0 Å². The van der Waals surface area contributed by atoms with E-state index in [-0.39, 0.29) is 39.6 Å². The number of amides is 2. The number of nitrogens with zero attached hydrogens (tertiary/aromatic N) is 6. The van der Waals surface area contributed by atoms with Gasteiger partial charge < -0.3 is 21.0 Å². The molecule has 15 nitrogen and oxygen atoms in total. The van der Waals surface area contributed by atoms with E-state index >= 15 is 0 Å². The molecule has 37 heavy (non-hydrogen) atoms. The summed E-state index contributed by atoms with van der Waals surface area (Å²) in [6, 6.07) is -0.999. The predicted molar refractivity (Wildman–Crippen MR) is 137 cm³/mol. The molecule has 0 bridgehead atoms. The molecule has 2 amide bonds. The van der Waals surface area contributed by atoms with E-state index in [0.717, 1.165) is 34.0 Å². The highest BCUT2D eigenvalue weighted by atomic mass is 32.2. The summed E-state index contributed by atoms with van der Waals surface area (Å²) >= 11 is 4.45. The summed E-state index contributed by atoms with van der Waals surface area (Å²) in [5, 5.41) is 23.6. The number of nitrogens with two attached hydrogens (primary N) is 1. The van der Waals surface area contributed by atoms with Crippen LogP contribution in [-0.4, -0.2) is 97.8 Å². The van der Waals surface area contributed by atoms with Gasteiger partial charge in [-0.1, -0.05) is 28.3 Å².